The van der Waals surface area contributed by atoms with Crippen molar-refractivity contribution in [3.05, 3.63) is 462 Å². The first kappa shape index (κ1) is 85.8. The highest BCUT2D eigenvalue weighted by atomic mass is 16.3. The monoisotopic (exact) mass is 1880 g/mol. The third kappa shape index (κ3) is 12.3. The topological polar surface area (TPSA) is 22.9 Å². The summed E-state index contributed by atoms with van der Waals surface area (Å²) in [5.41, 5.74) is 47.6. The van der Waals surface area contributed by atoms with E-state index in [9.17, 15) is 0 Å². The molecule has 4 heteroatoms. The van der Waals surface area contributed by atoms with Crippen molar-refractivity contribution in [3.63, 3.8) is 0 Å². The van der Waals surface area contributed by atoms with Crippen molar-refractivity contribution in [1.82, 2.24) is 0 Å². The second-order valence-electron chi connectivity index (χ2n) is 47.7. The molecule has 0 radical (unpaired) electrons. The average Bonchev–Trinajstić information content (AvgIpc) is 1.50. The van der Waals surface area contributed by atoms with Gasteiger partial charge in [0.05, 0.1) is 17.1 Å². The van der Waals surface area contributed by atoms with Crippen molar-refractivity contribution in [2.75, 3.05) is 14.7 Å². The summed E-state index contributed by atoms with van der Waals surface area (Å²) < 4.78 is 6.35. The highest BCUT2D eigenvalue weighted by molar-refractivity contribution is 6.08. The molecule has 3 spiro atoms. The molecule has 17 aliphatic carbocycles. The van der Waals surface area contributed by atoms with Crippen LogP contribution in [-0.4, -0.2) is 0 Å². The van der Waals surface area contributed by atoms with Gasteiger partial charge in [-0.2, -0.15) is 0 Å². The summed E-state index contributed by atoms with van der Waals surface area (Å²) in [7, 11) is 0. The lowest BCUT2D eigenvalue weighted by molar-refractivity contribution is -0.0399. The summed E-state index contributed by atoms with van der Waals surface area (Å²) in [6.07, 6.45) is 21.2. The van der Waals surface area contributed by atoms with Gasteiger partial charge in [-0.3, -0.25) is 0 Å². The molecule has 36 rings (SSSR count). The van der Waals surface area contributed by atoms with Crippen molar-refractivity contribution in [3.8, 4) is 77.9 Å². The smallest absolute Gasteiger partial charge is 0.135 e. The number of para-hydroxylation sites is 2. The molecular formula is C142H121N3O. The Kier molecular flexibility index (Phi) is 18.9. The Morgan fingerprint density at radius 2 is 0.500 bits per heavy atom. The zero-order chi connectivity index (χ0) is 96.4. The summed E-state index contributed by atoms with van der Waals surface area (Å²) in [5.74, 6) is 10.1. The summed E-state index contributed by atoms with van der Waals surface area (Å²) in [5, 5.41) is 4.88. The molecule has 12 fully saturated rings. The van der Waals surface area contributed by atoms with Crippen LogP contribution < -0.4 is 14.7 Å². The zero-order valence-corrected chi connectivity index (χ0v) is 84.0. The number of nitrogens with zero attached hydrogens (tertiary/aromatic N) is 3. The highest BCUT2D eigenvalue weighted by Gasteiger charge is 2.66. The number of benzene rings is 18. The van der Waals surface area contributed by atoms with E-state index in [2.05, 4.69) is 449 Å². The predicted molar refractivity (Wildman–Crippen MR) is 604 cm³/mol. The zero-order valence-electron chi connectivity index (χ0n) is 84.0. The van der Waals surface area contributed by atoms with Crippen LogP contribution in [0.15, 0.2) is 411 Å². The molecular weight excluding hydrogens is 1760 g/mol. The highest BCUT2D eigenvalue weighted by Crippen LogP contribution is 2.75. The van der Waals surface area contributed by atoms with Crippen molar-refractivity contribution in [2.24, 2.45) is 71.0 Å². The van der Waals surface area contributed by atoms with Gasteiger partial charge in [0.2, 0.25) is 0 Å². The fourth-order valence-electron chi connectivity index (χ4n) is 35.1. The molecule has 146 heavy (non-hydrogen) atoms. The minimum atomic E-state index is -0.0893. The number of hydrogen-bond donors (Lipinski definition) is 0. The Labute approximate surface area is 858 Å². The first-order chi connectivity index (χ1) is 71.8. The van der Waals surface area contributed by atoms with E-state index < -0.39 is 0 Å². The van der Waals surface area contributed by atoms with E-state index in [4.69, 9.17) is 4.42 Å². The van der Waals surface area contributed by atoms with Gasteiger partial charge in [0.15, 0.2) is 0 Å². The molecule has 0 aliphatic heterocycles. The third-order valence-electron chi connectivity index (χ3n) is 40.1. The fourth-order valence-corrected chi connectivity index (χ4v) is 35.1. The van der Waals surface area contributed by atoms with Crippen molar-refractivity contribution in [1.29, 1.82) is 0 Å². The van der Waals surface area contributed by atoms with Crippen LogP contribution in [0.3, 0.4) is 0 Å². The molecule has 18 aromatic carbocycles. The van der Waals surface area contributed by atoms with E-state index in [1.807, 2.05) is 0 Å². The van der Waals surface area contributed by atoms with E-state index >= 15 is 0 Å². The summed E-state index contributed by atoms with van der Waals surface area (Å²) in [6.45, 7) is 9.58. The van der Waals surface area contributed by atoms with Gasteiger partial charge in [-0.1, -0.05) is 325 Å². The van der Waals surface area contributed by atoms with Crippen LogP contribution in [0, 0.1) is 71.0 Å². The first-order valence-electron chi connectivity index (χ1n) is 55.1. The van der Waals surface area contributed by atoms with E-state index in [-0.39, 0.29) is 27.1 Å². The molecule has 1 heterocycles. The van der Waals surface area contributed by atoms with Crippen LogP contribution in [0.25, 0.3) is 111 Å². The Morgan fingerprint density at radius 1 is 0.192 bits per heavy atom. The molecule has 0 unspecified atom stereocenters. The minimum absolute atomic E-state index is 0.0742. The number of rotatable bonds is 11. The molecule has 17 aliphatic rings. The standard InChI is InChI=1S/C49H41NO.C49H43N.C44H37N/c1-48(2)40-13-6-3-10-35(40)36-20-18-34(28-43(36)48)50(33-19-21-46-39(27-33)37-11-5-8-17-45(37)51-46)44-16-9-15-42-47(44)38-12-4-7-14-41(38)49(42)31-23-29-22-30(25-31)26-32(49)24-29;1-48(2)42-18-8-6-16-39(42)40-23-22-38(30-45(40)48)50(37-15-10-14-34(29-37)33-12-4-3-5-13-33)46-21-11-20-44-47(46)41-17-7-9-19-43(41)49(44)35-25-31-24-32(27-35)28-36(49)26-31;1-2-11-37(12-3-1)45(38-21-19-32(20-22-38)34-18-17-31-9-4-5-10-33(31)28-34)42-16-8-15-41-43(42)39-13-6-7-14-40(39)44(41)35-24-29-23-30(26-35)27-36(44)25-29/h3-21,27-32H,22-26H2,1-2H3;3-23,29-32,35-36H,24-28H2,1-2H3;1-22,28-30,35-36H,23-27H2. The largest absolute Gasteiger partial charge is 0.456 e. The Balaban J connectivity index is 0.0000000997. The number of fused-ring (bicyclic) bond motifs is 19. The lowest BCUT2D eigenvalue weighted by Crippen LogP contribution is -2.55. The number of hydrogen-bond acceptors (Lipinski definition) is 4. The maximum absolute atomic E-state index is 6.35. The van der Waals surface area contributed by atoms with Gasteiger partial charge >= 0.3 is 0 Å². The molecule has 0 amide bonds. The molecule has 12 bridgehead atoms. The van der Waals surface area contributed by atoms with E-state index in [0.717, 1.165) is 93.0 Å². The fraction of sp³-hybridized carbons (Fsp3) is 0.254. The molecule has 710 valence electrons. The van der Waals surface area contributed by atoms with E-state index in [1.54, 1.807) is 33.4 Å². The Bertz CT molecular complexity index is 8490. The van der Waals surface area contributed by atoms with Crippen molar-refractivity contribution < 1.29 is 4.42 Å². The van der Waals surface area contributed by atoms with Crippen LogP contribution in [0.1, 0.15) is 180 Å². The summed E-state index contributed by atoms with van der Waals surface area (Å²) in [6, 6.07) is 154. The summed E-state index contributed by atoms with van der Waals surface area (Å²) in [4.78, 5) is 7.68. The van der Waals surface area contributed by atoms with Gasteiger partial charge < -0.3 is 19.1 Å². The van der Waals surface area contributed by atoms with Crippen molar-refractivity contribution in [2.45, 2.75) is 151 Å². The lowest BCUT2D eigenvalue weighted by atomic mass is 9.43. The number of anilines is 9. The normalized spacial score (nSPS) is 25.6. The average molecular weight is 1890 g/mol. The Hall–Kier alpha value is -14.6. The molecule has 0 atom stereocenters. The second-order valence-corrected chi connectivity index (χ2v) is 47.7. The quantitative estimate of drug-likeness (QED) is 0.129. The van der Waals surface area contributed by atoms with Crippen LogP contribution in [-0.2, 0) is 27.1 Å². The molecule has 0 N–H and O–H groups in total. The molecule has 19 aromatic rings. The first-order valence-corrected chi connectivity index (χ1v) is 55.1. The van der Waals surface area contributed by atoms with Gasteiger partial charge in [-0.25, -0.2) is 0 Å². The van der Waals surface area contributed by atoms with Crippen LogP contribution in [0.4, 0.5) is 51.2 Å². The maximum atomic E-state index is 6.35. The number of furan rings is 1. The van der Waals surface area contributed by atoms with Crippen LogP contribution in [0.5, 0.6) is 0 Å². The minimum Gasteiger partial charge on any atom is -0.456 e. The Morgan fingerprint density at radius 3 is 0.973 bits per heavy atom. The van der Waals surface area contributed by atoms with Gasteiger partial charge in [0.25, 0.3) is 0 Å². The van der Waals surface area contributed by atoms with E-state index in [1.165, 1.54) is 258 Å². The maximum Gasteiger partial charge on any atom is 0.135 e. The molecule has 12 saturated carbocycles. The van der Waals surface area contributed by atoms with Gasteiger partial charge in [-0.05, 0) is 404 Å². The van der Waals surface area contributed by atoms with Crippen molar-refractivity contribution >= 4 is 83.9 Å². The predicted octanol–water partition coefficient (Wildman–Crippen LogP) is 37.6. The van der Waals surface area contributed by atoms with Gasteiger partial charge in [-0.15, -0.1) is 0 Å². The second kappa shape index (κ2) is 32.2. The molecule has 4 nitrogen and oxygen atoms in total. The van der Waals surface area contributed by atoms with Gasteiger partial charge in [0, 0.05) is 88.7 Å². The third-order valence-corrected chi connectivity index (χ3v) is 40.1. The van der Waals surface area contributed by atoms with Gasteiger partial charge in [0.1, 0.15) is 11.2 Å². The lowest BCUT2D eigenvalue weighted by Gasteiger charge is -2.61. The van der Waals surface area contributed by atoms with Crippen LogP contribution >= 0.6 is 0 Å². The molecule has 1 aromatic heterocycles. The SMILES string of the molecule is CC1(C)c2ccccc2-c2ccc(N(c3ccc4oc5ccccc5c4c3)c3cccc4c3-c3ccccc3C43C4CC5CC(C4)CC3C5)cc21.CC1(C)c2ccccc2-c2ccc(N(c3cccc(-c4ccccc4)c3)c3cccc4c3-c3ccccc3C43C4CC5CC(C4)CC3C5)cc21.c1ccc(N(c2ccc(-c3ccc4ccccc4c3)cc2)c2cccc3c2-c2ccccc2C32C3CC4CC(C3)CC2C4)cc1. The van der Waals surface area contributed by atoms with E-state index in [0.29, 0.717) is 0 Å². The molecule has 0 saturated heterocycles. The summed E-state index contributed by atoms with van der Waals surface area (Å²) >= 11 is 0. The van der Waals surface area contributed by atoms with Crippen LogP contribution in [0.2, 0.25) is 0 Å².